The third-order valence-electron chi connectivity index (χ3n) is 3.02. The lowest BCUT2D eigenvalue weighted by atomic mass is 10.1. The lowest BCUT2D eigenvalue weighted by Crippen LogP contribution is -2.06. The fraction of sp³-hybridized carbons (Fsp3) is 0.400. The number of hydrogen-bond acceptors (Lipinski definition) is 2. The molecule has 0 unspecified atom stereocenters. The molecule has 1 aromatic carbocycles. The van der Waals surface area contributed by atoms with E-state index in [0.717, 1.165) is 19.4 Å². The molecule has 0 spiro atoms. The standard InChI is InChI=1S/C15H21N3/c1-3-6-14-7-4-5-8-15(14)16-10-9-13-11-17-18(2)12-13/h4-5,7-8,11-12,16H,3,6,9-10H2,1-2H3. The van der Waals surface area contributed by atoms with Gasteiger partial charge in [-0.3, -0.25) is 4.68 Å². The maximum absolute atomic E-state index is 4.18. The largest absolute Gasteiger partial charge is 0.384 e. The van der Waals surface area contributed by atoms with Crippen molar-refractivity contribution in [2.45, 2.75) is 26.2 Å². The van der Waals surface area contributed by atoms with Gasteiger partial charge in [0.05, 0.1) is 6.20 Å². The van der Waals surface area contributed by atoms with Crippen LogP contribution in [-0.4, -0.2) is 16.3 Å². The van der Waals surface area contributed by atoms with Gasteiger partial charge in [-0.2, -0.15) is 5.10 Å². The maximum Gasteiger partial charge on any atom is 0.0522 e. The number of aromatic nitrogens is 2. The number of nitrogens with zero attached hydrogens (tertiary/aromatic N) is 2. The SMILES string of the molecule is CCCc1ccccc1NCCc1cnn(C)c1. The highest BCUT2D eigenvalue weighted by atomic mass is 15.2. The number of para-hydroxylation sites is 1. The Morgan fingerprint density at radius 2 is 2.06 bits per heavy atom. The molecule has 0 bridgehead atoms. The number of benzene rings is 1. The van der Waals surface area contributed by atoms with Crippen molar-refractivity contribution in [3.05, 3.63) is 47.8 Å². The van der Waals surface area contributed by atoms with E-state index >= 15 is 0 Å². The summed E-state index contributed by atoms with van der Waals surface area (Å²) in [6.07, 6.45) is 7.32. The first kappa shape index (κ1) is 12.7. The van der Waals surface area contributed by atoms with Gasteiger partial charge in [-0.25, -0.2) is 0 Å². The van der Waals surface area contributed by atoms with Gasteiger partial charge in [0.2, 0.25) is 0 Å². The van der Waals surface area contributed by atoms with Crippen LogP contribution in [0.1, 0.15) is 24.5 Å². The Bertz CT molecular complexity index is 488. The van der Waals surface area contributed by atoms with E-state index in [1.54, 1.807) is 0 Å². The first-order chi connectivity index (χ1) is 8.79. The molecule has 0 aliphatic rings. The molecule has 0 aliphatic carbocycles. The second-order valence-electron chi connectivity index (χ2n) is 4.61. The van der Waals surface area contributed by atoms with Crippen molar-refractivity contribution >= 4 is 5.69 Å². The normalized spacial score (nSPS) is 10.6. The Balaban J connectivity index is 1.89. The van der Waals surface area contributed by atoms with Gasteiger partial charge < -0.3 is 5.32 Å². The molecule has 0 saturated heterocycles. The molecule has 18 heavy (non-hydrogen) atoms. The summed E-state index contributed by atoms with van der Waals surface area (Å²) in [5.74, 6) is 0. The fourth-order valence-corrected chi connectivity index (χ4v) is 2.12. The van der Waals surface area contributed by atoms with E-state index in [0.29, 0.717) is 0 Å². The fourth-order valence-electron chi connectivity index (χ4n) is 2.12. The molecule has 2 rings (SSSR count). The number of hydrogen-bond donors (Lipinski definition) is 1. The minimum absolute atomic E-state index is 0.951. The van der Waals surface area contributed by atoms with E-state index in [9.17, 15) is 0 Å². The van der Waals surface area contributed by atoms with E-state index in [1.165, 1.54) is 23.2 Å². The lowest BCUT2D eigenvalue weighted by molar-refractivity contribution is 0.767. The Hall–Kier alpha value is -1.77. The second kappa shape index (κ2) is 6.24. The van der Waals surface area contributed by atoms with Gasteiger partial charge in [-0.1, -0.05) is 31.5 Å². The van der Waals surface area contributed by atoms with Gasteiger partial charge in [-0.05, 0) is 30.0 Å². The van der Waals surface area contributed by atoms with Crippen LogP contribution in [-0.2, 0) is 19.9 Å². The molecule has 2 aromatic rings. The molecular formula is C15H21N3. The quantitative estimate of drug-likeness (QED) is 0.845. The van der Waals surface area contributed by atoms with Crippen LogP contribution < -0.4 is 5.32 Å². The minimum Gasteiger partial charge on any atom is -0.384 e. The number of aryl methyl sites for hydroxylation is 2. The second-order valence-corrected chi connectivity index (χ2v) is 4.61. The summed E-state index contributed by atoms with van der Waals surface area (Å²) in [7, 11) is 1.95. The number of anilines is 1. The molecular weight excluding hydrogens is 222 g/mol. The summed E-state index contributed by atoms with van der Waals surface area (Å²) in [6, 6.07) is 8.56. The van der Waals surface area contributed by atoms with Crippen LogP contribution in [0.3, 0.4) is 0 Å². The first-order valence-corrected chi connectivity index (χ1v) is 6.59. The molecule has 0 radical (unpaired) electrons. The maximum atomic E-state index is 4.18. The summed E-state index contributed by atoms with van der Waals surface area (Å²) in [6.45, 7) is 3.17. The highest BCUT2D eigenvalue weighted by Gasteiger charge is 2.01. The molecule has 0 atom stereocenters. The third-order valence-corrected chi connectivity index (χ3v) is 3.02. The molecule has 0 aliphatic heterocycles. The molecule has 0 saturated carbocycles. The zero-order valence-corrected chi connectivity index (χ0v) is 11.2. The molecule has 1 N–H and O–H groups in total. The van der Waals surface area contributed by atoms with E-state index in [2.05, 4.69) is 47.8 Å². The van der Waals surface area contributed by atoms with E-state index in [-0.39, 0.29) is 0 Å². The van der Waals surface area contributed by atoms with Crippen LogP contribution in [0.25, 0.3) is 0 Å². The molecule has 0 fully saturated rings. The number of rotatable bonds is 6. The van der Waals surface area contributed by atoms with Gasteiger partial charge in [0.25, 0.3) is 0 Å². The van der Waals surface area contributed by atoms with Gasteiger partial charge in [0, 0.05) is 25.5 Å². The highest BCUT2D eigenvalue weighted by molar-refractivity contribution is 5.51. The van der Waals surface area contributed by atoms with Crippen molar-refractivity contribution in [1.29, 1.82) is 0 Å². The molecule has 1 heterocycles. The van der Waals surface area contributed by atoms with Crippen LogP contribution in [0.15, 0.2) is 36.7 Å². The van der Waals surface area contributed by atoms with Gasteiger partial charge in [0.15, 0.2) is 0 Å². The predicted molar refractivity (Wildman–Crippen MR) is 75.8 cm³/mol. The predicted octanol–water partition coefficient (Wildman–Crippen LogP) is 3.03. The molecule has 3 heteroatoms. The van der Waals surface area contributed by atoms with Crippen LogP contribution in [0.5, 0.6) is 0 Å². The molecule has 96 valence electrons. The van der Waals surface area contributed by atoms with Crippen molar-refractivity contribution in [3.8, 4) is 0 Å². The molecule has 3 nitrogen and oxygen atoms in total. The number of nitrogens with one attached hydrogen (secondary N) is 1. The van der Waals surface area contributed by atoms with Crippen LogP contribution in [0.2, 0.25) is 0 Å². The van der Waals surface area contributed by atoms with Crippen molar-refractivity contribution in [2.75, 3.05) is 11.9 Å². The van der Waals surface area contributed by atoms with Crippen molar-refractivity contribution in [1.82, 2.24) is 9.78 Å². The minimum atomic E-state index is 0.951. The summed E-state index contributed by atoms with van der Waals surface area (Å²) in [4.78, 5) is 0. The Morgan fingerprint density at radius 3 is 2.78 bits per heavy atom. The van der Waals surface area contributed by atoms with Crippen molar-refractivity contribution in [2.24, 2.45) is 7.05 Å². The van der Waals surface area contributed by atoms with Crippen molar-refractivity contribution in [3.63, 3.8) is 0 Å². The van der Waals surface area contributed by atoms with Crippen LogP contribution >= 0.6 is 0 Å². The highest BCUT2D eigenvalue weighted by Crippen LogP contribution is 2.16. The lowest BCUT2D eigenvalue weighted by Gasteiger charge is -2.10. The summed E-state index contributed by atoms with van der Waals surface area (Å²) in [5, 5.41) is 7.70. The average Bonchev–Trinajstić information content (AvgIpc) is 2.78. The third kappa shape index (κ3) is 3.36. The summed E-state index contributed by atoms with van der Waals surface area (Å²) >= 11 is 0. The monoisotopic (exact) mass is 243 g/mol. The smallest absolute Gasteiger partial charge is 0.0522 e. The van der Waals surface area contributed by atoms with E-state index in [4.69, 9.17) is 0 Å². The van der Waals surface area contributed by atoms with E-state index in [1.807, 2.05) is 17.9 Å². The Morgan fingerprint density at radius 1 is 1.22 bits per heavy atom. The summed E-state index contributed by atoms with van der Waals surface area (Å²) < 4.78 is 1.85. The van der Waals surface area contributed by atoms with Crippen molar-refractivity contribution < 1.29 is 0 Å². The first-order valence-electron chi connectivity index (χ1n) is 6.59. The van der Waals surface area contributed by atoms with Gasteiger partial charge >= 0.3 is 0 Å². The van der Waals surface area contributed by atoms with Crippen LogP contribution in [0.4, 0.5) is 5.69 Å². The zero-order valence-electron chi connectivity index (χ0n) is 11.2. The molecule has 0 amide bonds. The Labute approximate surface area is 109 Å². The van der Waals surface area contributed by atoms with Gasteiger partial charge in [0.1, 0.15) is 0 Å². The van der Waals surface area contributed by atoms with Gasteiger partial charge in [-0.15, -0.1) is 0 Å². The zero-order chi connectivity index (χ0) is 12.8. The topological polar surface area (TPSA) is 29.9 Å². The summed E-state index contributed by atoms with van der Waals surface area (Å²) in [5.41, 5.74) is 3.95. The molecule has 1 aromatic heterocycles. The van der Waals surface area contributed by atoms with Crippen LogP contribution in [0, 0.1) is 0 Å². The average molecular weight is 243 g/mol. The van der Waals surface area contributed by atoms with E-state index < -0.39 is 0 Å². The Kier molecular flexibility index (Phi) is 4.40.